The summed E-state index contributed by atoms with van der Waals surface area (Å²) in [5.41, 5.74) is 2.09. The molecule has 0 amide bonds. The highest BCUT2D eigenvalue weighted by atomic mass is 35.5. The van der Waals surface area contributed by atoms with E-state index in [0.29, 0.717) is 33.8 Å². The van der Waals surface area contributed by atoms with Gasteiger partial charge in [-0.2, -0.15) is 5.10 Å². The topological polar surface area (TPSA) is 118 Å². The lowest BCUT2D eigenvalue weighted by Gasteiger charge is -2.20. The molecule has 0 spiro atoms. The number of sulfone groups is 1. The fourth-order valence-corrected chi connectivity index (χ4v) is 5.47. The Kier molecular flexibility index (Phi) is 6.91. The molecule has 0 bridgehead atoms. The number of rotatable bonds is 8. The summed E-state index contributed by atoms with van der Waals surface area (Å²) in [6.07, 6.45) is 4.70. The normalized spacial score (nSPS) is 13.5. The molecule has 4 rings (SSSR count). The molecule has 0 saturated heterocycles. The number of nitrogens with zero attached hydrogens (tertiary/aromatic N) is 7. The van der Waals surface area contributed by atoms with Crippen LogP contribution in [0.2, 0.25) is 5.02 Å². The minimum absolute atomic E-state index is 0.259. The van der Waals surface area contributed by atoms with Crippen molar-refractivity contribution >= 4 is 21.4 Å². The van der Waals surface area contributed by atoms with Gasteiger partial charge in [-0.25, -0.2) is 18.4 Å². The molecular formula is C23H26ClN7O3S. The number of hydrogen-bond acceptors (Lipinski definition) is 8. The number of hydrogen-bond donors (Lipinski definition) is 0. The molecule has 1 aromatic carbocycles. The lowest BCUT2D eigenvalue weighted by atomic mass is 10.1. The van der Waals surface area contributed by atoms with E-state index in [2.05, 4.69) is 25.3 Å². The van der Waals surface area contributed by atoms with E-state index in [-0.39, 0.29) is 11.6 Å². The highest BCUT2D eigenvalue weighted by Gasteiger charge is 2.32. The fraction of sp³-hybridized carbons (Fsp3) is 0.348. The van der Waals surface area contributed by atoms with Gasteiger partial charge in [0.05, 0.1) is 23.1 Å². The monoisotopic (exact) mass is 515 g/mol. The van der Waals surface area contributed by atoms with E-state index in [9.17, 15) is 8.42 Å². The van der Waals surface area contributed by atoms with E-state index in [1.165, 1.54) is 12.4 Å². The van der Waals surface area contributed by atoms with Crippen LogP contribution in [0.3, 0.4) is 0 Å². The van der Waals surface area contributed by atoms with Crippen molar-refractivity contribution in [3.05, 3.63) is 65.1 Å². The van der Waals surface area contributed by atoms with Crippen molar-refractivity contribution in [1.82, 2.24) is 34.5 Å². The summed E-state index contributed by atoms with van der Waals surface area (Å²) in [6, 6.07) is 7.40. The van der Waals surface area contributed by atoms with Gasteiger partial charge in [0.2, 0.25) is 0 Å². The van der Waals surface area contributed by atoms with Gasteiger partial charge < -0.3 is 4.74 Å². The van der Waals surface area contributed by atoms with Crippen molar-refractivity contribution in [2.24, 2.45) is 7.05 Å². The number of ether oxygens (including phenoxy) is 1. The number of methoxy groups -OCH3 is 1. The minimum atomic E-state index is -3.70. The summed E-state index contributed by atoms with van der Waals surface area (Å²) < 4.78 is 36.0. The predicted octanol–water partition coefficient (Wildman–Crippen LogP) is 3.54. The molecule has 10 nitrogen and oxygen atoms in total. The quantitative estimate of drug-likeness (QED) is 0.349. The molecule has 0 aliphatic heterocycles. The molecule has 0 aliphatic rings. The van der Waals surface area contributed by atoms with Crippen LogP contribution in [0.25, 0.3) is 17.2 Å². The zero-order chi connectivity index (χ0) is 25.3. The largest absolute Gasteiger partial charge is 0.495 e. The molecular weight excluding hydrogens is 490 g/mol. The Morgan fingerprint density at radius 2 is 1.83 bits per heavy atom. The fourth-order valence-electron chi connectivity index (χ4n) is 3.82. The number of aromatic nitrogens is 7. The summed E-state index contributed by atoms with van der Waals surface area (Å²) in [5, 5.41) is 12.7. The summed E-state index contributed by atoms with van der Waals surface area (Å²) in [5.74, 6) is 0.846. The third-order valence-corrected chi connectivity index (χ3v) is 8.36. The molecule has 12 heteroatoms. The molecule has 0 aliphatic carbocycles. The van der Waals surface area contributed by atoms with Crippen LogP contribution in [0.1, 0.15) is 37.0 Å². The number of aryl methyl sites for hydroxylation is 2. The van der Waals surface area contributed by atoms with Crippen molar-refractivity contribution in [2.45, 2.75) is 37.7 Å². The minimum Gasteiger partial charge on any atom is -0.495 e. The third kappa shape index (κ3) is 4.92. The average Bonchev–Trinajstić information content (AvgIpc) is 3.43. The maximum Gasteiger partial charge on any atom is 0.189 e. The van der Waals surface area contributed by atoms with Gasteiger partial charge in [-0.15, -0.1) is 10.2 Å². The van der Waals surface area contributed by atoms with Crippen LogP contribution in [-0.4, -0.2) is 55.3 Å². The van der Waals surface area contributed by atoms with E-state index in [0.717, 1.165) is 5.56 Å². The van der Waals surface area contributed by atoms with Crippen LogP contribution in [0, 0.1) is 6.92 Å². The first-order valence-corrected chi connectivity index (χ1v) is 13.0. The van der Waals surface area contributed by atoms with Gasteiger partial charge in [0.25, 0.3) is 0 Å². The highest BCUT2D eigenvalue weighted by Crippen LogP contribution is 2.33. The van der Waals surface area contributed by atoms with Crippen LogP contribution in [-0.2, 0) is 22.6 Å². The summed E-state index contributed by atoms with van der Waals surface area (Å²) in [7, 11) is -0.338. The Hall–Kier alpha value is -3.31. The van der Waals surface area contributed by atoms with E-state index in [4.69, 9.17) is 16.3 Å². The number of para-hydroxylation sites is 1. The molecule has 35 heavy (non-hydrogen) atoms. The zero-order valence-corrected chi connectivity index (χ0v) is 21.6. The highest BCUT2D eigenvalue weighted by molar-refractivity contribution is 7.91. The second-order valence-corrected chi connectivity index (χ2v) is 11.1. The van der Waals surface area contributed by atoms with E-state index >= 15 is 0 Å². The third-order valence-electron chi connectivity index (χ3n) is 5.97. The molecule has 3 aromatic heterocycles. The Bertz CT molecular complexity index is 1450. The van der Waals surface area contributed by atoms with Gasteiger partial charge in [-0.3, -0.25) is 9.25 Å². The molecule has 2 atom stereocenters. The Labute approximate surface area is 208 Å². The van der Waals surface area contributed by atoms with Crippen molar-refractivity contribution in [2.75, 3.05) is 7.11 Å². The molecule has 184 valence electrons. The lowest BCUT2D eigenvalue weighted by Crippen LogP contribution is -2.27. The summed E-state index contributed by atoms with van der Waals surface area (Å²) >= 11 is 5.88. The first kappa shape index (κ1) is 24.8. The molecule has 0 saturated carbocycles. The van der Waals surface area contributed by atoms with Crippen molar-refractivity contribution in [1.29, 1.82) is 0 Å². The smallest absolute Gasteiger partial charge is 0.189 e. The Morgan fingerprint density at radius 1 is 1.11 bits per heavy atom. The first-order valence-electron chi connectivity index (χ1n) is 10.9. The molecule has 0 radical (unpaired) electrons. The van der Waals surface area contributed by atoms with E-state index in [1.54, 1.807) is 49.5 Å². The number of benzene rings is 1. The van der Waals surface area contributed by atoms with Crippen LogP contribution < -0.4 is 4.74 Å². The van der Waals surface area contributed by atoms with Crippen molar-refractivity contribution in [3.8, 4) is 23.0 Å². The lowest BCUT2D eigenvalue weighted by molar-refractivity contribution is 0.412. The standard InChI is InChI=1S/C23H26ClN7O3S/c1-14-7-6-8-19(34-5)21(14)31-20(27-28-23(31)18-9-10-30(4)29-18)13-35(32,33)16(3)15(2)22-25-11-17(24)12-26-22/h6-12,15-16H,13H2,1-5H3/t15-,16-/m1/s1. The second-order valence-electron chi connectivity index (χ2n) is 8.34. The van der Waals surface area contributed by atoms with Crippen LogP contribution in [0.4, 0.5) is 0 Å². The van der Waals surface area contributed by atoms with E-state index < -0.39 is 21.0 Å². The SMILES string of the molecule is COc1cccc(C)c1-n1c(CS(=O)(=O)[C@H](C)[C@@H](C)c2ncc(Cl)cn2)nnc1-c1ccn(C)n1. The van der Waals surface area contributed by atoms with Crippen LogP contribution in [0.15, 0.2) is 42.9 Å². The van der Waals surface area contributed by atoms with Gasteiger partial charge >= 0.3 is 0 Å². The van der Waals surface area contributed by atoms with Crippen LogP contribution in [0.5, 0.6) is 5.75 Å². The van der Waals surface area contributed by atoms with Gasteiger partial charge in [0.1, 0.15) is 23.0 Å². The first-order chi connectivity index (χ1) is 16.6. The maximum atomic E-state index is 13.5. The second kappa shape index (κ2) is 9.74. The zero-order valence-electron chi connectivity index (χ0n) is 20.0. The molecule has 0 fully saturated rings. The van der Waals surface area contributed by atoms with Crippen molar-refractivity contribution < 1.29 is 13.2 Å². The van der Waals surface area contributed by atoms with Gasteiger partial charge in [0.15, 0.2) is 21.5 Å². The van der Waals surface area contributed by atoms with Crippen molar-refractivity contribution in [3.63, 3.8) is 0 Å². The Morgan fingerprint density at radius 3 is 2.46 bits per heavy atom. The molecule has 3 heterocycles. The Balaban J connectivity index is 1.79. The average molecular weight is 516 g/mol. The predicted molar refractivity (Wildman–Crippen MR) is 132 cm³/mol. The van der Waals surface area contributed by atoms with Gasteiger partial charge in [-0.1, -0.05) is 30.7 Å². The summed E-state index contributed by atoms with van der Waals surface area (Å²) in [6.45, 7) is 5.34. The summed E-state index contributed by atoms with van der Waals surface area (Å²) in [4.78, 5) is 8.40. The van der Waals surface area contributed by atoms with Gasteiger partial charge in [0, 0.05) is 31.6 Å². The van der Waals surface area contributed by atoms with Gasteiger partial charge in [-0.05, 0) is 31.5 Å². The molecule has 0 N–H and O–H groups in total. The molecule has 4 aromatic rings. The molecule has 0 unspecified atom stereocenters. The maximum absolute atomic E-state index is 13.5. The number of halogens is 1. The van der Waals surface area contributed by atoms with Crippen LogP contribution >= 0.6 is 11.6 Å². The van der Waals surface area contributed by atoms with E-state index in [1.807, 2.05) is 25.1 Å².